The molecule has 294 valence electrons. The molecule has 0 aromatic heterocycles. The Morgan fingerprint density at radius 2 is 0.407 bits per heavy atom. The van der Waals surface area contributed by atoms with E-state index in [9.17, 15) is 0 Å². The van der Waals surface area contributed by atoms with Crippen LogP contribution in [0.2, 0.25) is 0 Å². The zero-order valence-electron chi connectivity index (χ0n) is 34.6. The highest BCUT2D eigenvalue weighted by atomic mass is 16.5. The third-order valence-electron chi connectivity index (χ3n) is 10.2. The topological polar surface area (TPSA) is 36.9 Å². The van der Waals surface area contributed by atoms with Crippen molar-refractivity contribution in [1.29, 1.82) is 0 Å². The second kappa shape index (κ2) is 18.5. The molecule has 0 unspecified atom stereocenters. The van der Waals surface area contributed by atoms with Crippen LogP contribution in [0, 0.1) is 27.7 Å². The lowest BCUT2D eigenvalue weighted by Gasteiger charge is -2.26. The van der Waals surface area contributed by atoms with Crippen LogP contribution in [0.25, 0.3) is 11.1 Å². The molecule has 0 N–H and O–H groups in total. The molecule has 0 fully saturated rings. The van der Waals surface area contributed by atoms with Gasteiger partial charge < -0.3 is 18.9 Å². The van der Waals surface area contributed by atoms with Crippen molar-refractivity contribution < 1.29 is 18.9 Å². The summed E-state index contributed by atoms with van der Waals surface area (Å²) >= 11 is 0. The Hall–Kier alpha value is -7.04. The van der Waals surface area contributed by atoms with Crippen molar-refractivity contribution in [1.82, 2.24) is 0 Å². The largest absolute Gasteiger partial charge is 0.457 e. The minimum atomic E-state index is -0.134. The third-order valence-corrected chi connectivity index (χ3v) is 10.2. The van der Waals surface area contributed by atoms with Gasteiger partial charge in [0.15, 0.2) is 0 Å². The summed E-state index contributed by atoms with van der Waals surface area (Å²) in [6, 6.07) is 65.2. The molecule has 4 nitrogen and oxygen atoms in total. The van der Waals surface area contributed by atoms with Crippen LogP contribution in [0.4, 0.5) is 0 Å². The van der Waals surface area contributed by atoms with Crippen molar-refractivity contribution in [3.8, 4) is 57.1 Å². The van der Waals surface area contributed by atoms with E-state index in [2.05, 4.69) is 114 Å². The molecule has 8 aromatic rings. The predicted octanol–water partition coefficient (Wildman–Crippen LogP) is 15.8. The van der Waals surface area contributed by atoms with E-state index in [0.717, 1.165) is 57.1 Å². The molecule has 0 aliphatic heterocycles. The van der Waals surface area contributed by atoms with Crippen LogP contribution in [0.1, 0.15) is 47.2 Å². The summed E-state index contributed by atoms with van der Waals surface area (Å²) in [5, 5.41) is 0. The highest BCUT2D eigenvalue weighted by Crippen LogP contribution is 2.35. The minimum Gasteiger partial charge on any atom is -0.457 e. The number of ether oxygens (including phenoxy) is 4. The van der Waals surface area contributed by atoms with Crippen LogP contribution >= 0.6 is 0 Å². The maximum Gasteiger partial charge on any atom is 0.127 e. The van der Waals surface area contributed by atoms with E-state index in [1.807, 2.05) is 121 Å². The lowest BCUT2D eigenvalue weighted by Crippen LogP contribution is -2.18. The van der Waals surface area contributed by atoms with Crippen LogP contribution < -0.4 is 18.9 Å². The van der Waals surface area contributed by atoms with Crippen molar-refractivity contribution >= 4 is 0 Å². The van der Waals surface area contributed by atoms with Gasteiger partial charge in [0.2, 0.25) is 0 Å². The SMILES string of the molecule is Cc1ccc(Oc2ccc(-c3ccc(Oc4ccc(C)cc4)cc3)cc2)cc1.Cc1ccc(Oc2ccc(C(C)(C)c3ccc(Oc4ccc(C)cc4)cc3)cc2)cc1. The lowest BCUT2D eigenvalue weighted by atomic mass is 9.78. The molecule has 0 saturated carbocycles. The van der Waals surface area contributed by atoms with Crippen molar-refractivity contribution in [3.63, 3.8) is 0 Å². The van der Waals surface area contributed by atoms with Gasteiger partial charge in [-0.2, -0.15) is 0 Å². The normalized spacial score (nSPS) is 10.9. The van der Waals surface area contributed by atoms with Crippen LogP contribution in [-0.2, 0) is 5.41 Å². The van der Waals surface area contributed by atoms with E-state index in [0.29, 0.717) is 0 Å². The summed E-state index contributed by atoms with van der Waals surface area (Å²) in [6.45, 7) is 12.7. The van der Waals surface area contributed by atoms with Gasteiger partial charge in [0.05, 0.1) is 0 Å². The molecule has 8 rings (SSSR count). The van der Waals surface area contributed by atoms with Gasteiger partial charge in [-0.25, -0.2) is 0 Å². The lowest BCUT2D eigenvalue weighted by molar-refractivity contribution is 0.481. The summed E-state index contributed by atoms with van der Waals surface area (Å²) in [5.74, 6) is 6.71. The van der Waals surface area contributed by atoms with Crippen LogP contribution in [0.15, 0.2) is 194 Å². The number of hydrogen-bond acceptors (Lipinski definition) is 4. The molecular weight excluding hydrogens is 725 g/mol. The molecule has 8 aromatic carbocycles. The Morgan fingerprint density at radius 3 is 0.610 bits per heavy atom. The zero-order chi connectivity index (χ0) is 41.2. The Balaban J connectivity index is 0.000000180. The van der Waals surface area contributed by atoms with Crippen molar-refractivity contribution in [2.75, 3.05) is 0 Å². The second-order valence-electron chi connectivity index (χ2n) is 15.4. The van der Waals surface area contributed by atoms with Gasteiger partial charge in [-0.05, 0) is 147 Å². The molecular formula is C55H50O4. The van der Waals surface area contributed by atoms with Crippen LogP contribution in [0.3, 0.4) is 0 Å². The predicted molar refractivity (Wildman–Crippen MR) is 242 cm³/mol. The summed E-state index contributed by atoms with van der Waals surface area (Å²) in [6.07, 6.45) is 0. The molecule has 0 heterocycles. The summed E-state index contributed by atoms with van der Waals surface area (Å²) in [5.41, 5.74) is 9.49. The van der Waals surface area contributed by atoms with Gasteiger partial charge in [0, 0.05) is 5.41 Å². The average molecular weight is 775 g/mol. The molecule has 0 bridgehead atoms. The molecule has 0 atom stereocenters. The first-order valence-corrected chi connectivity index (χ1v) is 20.0. The van der Waals surface area contributed by atoms with E-state index >= 15 is 0 Å². The fraction of sp³-hybridized carbons (Fsp3) is 0.127. The fourth-order valence-corrected chi connectivity index (χ4v) is 6.45. The average Bonchev–Trinajstić information content (AvgIpc) is 3.25. The van der Waals surface area contributed by atoms with Gasteiger partial charge in [-0.1, -0.05) is 133 Å². The highest BCUT2D eigenvalue weighted by molar-refractivity contribution is 5.65. The molecule has 59 heavy (non-hydrogen) atoms. The molecule has 0 radical (unpaired) electrons. The van der Waals surface area contributed by atoms with Gasteiger partial charge in [-0.15, -0.1) is 0 Å². The Kier molecular flexibility index (Phi) is 12.6. The van der Waals surface area contributed by atoms with Gasteiger partial charge >= 0.3 is 0 Å². The molecule has 0 amide bonds. The van der Waals surface area contributed by atoms with E-state index in [-0.39, 0.29) is 5.41 Å². The monoisotopic (exact) mass is 774 g/mol. The summed E-state index contributed by atoms with van der Waals surface area (Å²) in [7, 11) is 0. The van der Waals surface area contributed by atoms with Gasteiger partial charge in [-0.3, -0.25) is 0 Å². The summed E-state index contributed by atoms with van der Waals surface area (Å²) in [4.78, 5) is 0. The smallest absolute Gasteiger partial charge is 0.127 e. The Morgan fingerprint density at radius 1 is 0.237 bits per heavy atom. The van der Waals surface area contributed by atoms with Crippen LogP contribution in [-0.4, -0.2) is 0 Å². The van der Waals surface area contributed by atoms with Crippen molar-refractivity contribution in [2.45, 2.75) is 47.0 Å². The number of aryl methyl sites for hydroxylation is 4. The number of rotatable bonds is 11. The maximum atomic E-state index is 5.97. The van der Waals surface area contributed by atoms with E-state index in [4.69, 9.17) is 18.9 Å². The molecule has 0 aliphatic rings. The van der Waals surface area contributed by atoms with E-state index < -0.39 is 0 Å². The maximum absolute atomic E-state index is 5.97. The van der Waals surface area contributed by atoms with Gasteiger partial charge in [0.1, 0.15) is 46.0 Å². The van der Waals surface area contributed by atoms with E-state index in [1.165, 1.54) is 33.4 Å². The number of benzene rings is 8. The molecule has 0 aliphatic carbocycles. The molecule has 0 saturated heterocycles. The highest BCUT2D eigenvalue weighted by Gasteiger charge is 2.23. The molecule has 0 spiro atoms. The zero-order valence-corrected chi connectivity index (χ0v) is 34.6. The Labute approximate surface area is 349 Å². The first-order chi connectivity index (χ1) is 28.6. The fourth-order valence-electron chi connectivity index (χ4n) is 6.45. The third kappa shape index (κ3) is 11.1. The van der Waals surface area contributed by atoms with Crippen molar-refractivity contribution in [3.05, 3.63) is 228 Å². The second-order valence-corrected chi connectivity index (χ2v) is 15.4. The van der Waals surface area contributed by atoms with E-state index in [1.54, 1.807) is 0 Å². The molecule has 4 heteroatoms. The van der Waals surface area contributed by atoms with Crippen LogP contribution in [0.5, 0.6) is 46.0 Å². The summed E-state index contributed by atoms with van der Waals surface area (Å²) < 4.78 is 23.7. The number of hydrogen-bond donors (Lipinski definition) is 0. The van der Waals surface area contributed by atoms with Crippen molar-refractivity contribution in [2.24, 2.45) is 0 Å². The minimum absolute atomic E-state index is 0.134. The first kappa shape index (κ1) is 40.2. The van der Waals surface area contributed by atoms with Gasteiger partial charge in [0.25, 0.3) is 0 Å². The first-order valence-electron chi connectivity index (χ1n) is 20.0. The standard InChI is InChI=1S/C29H28O2.C26H22O2/c1-21-5-13-25(14-6-21)30-27-17-9-23(10-18-27)29(3,4)24-11-19-28(20-12-24)31-26-15-7-22(2)8-16-26;1-19-3-11-23(12-4-19)27-25-15-7-21(8-16-25)22-9-17-26(18-10-22)28-24-13-5-20(2)6-14-24/h5-20H,1-4H3;3-18H,1-2H3. The quantitative estimate of drug-likeness (QED) is 0.131. The Bertz CT molecular complexity index is 2340.